The van der Waals surface area contributed by atoms with Gasteiger partial charge < -0.3 is 10.4 Å². The van der Waals surface area contributed by atoms with E-state index in [1.54, 1.807) is 6.92 Å². The van der Waals surface area contributed by atoms with Crippen LogP contribution < -0.4 is 5.32 Å². The van der Waals surface area contributed by atoms with Crippen molar-refractivity contribution in [1.82, 2.24) is 9.97 Å². The van der Waals surface area contributed by atoms with Gasteiger partial charge in [0.15, 0.2) is 0 Å². The Morgan fingerprint density at radius 3 is 2.61 bits per heavy atom. The van der Waals surface area contributed by atoms with E-state index in [0.717, 1.165) is 18.7 Å². The largest absolute Gasteiger partial charge is 0.433 e. The van der Waals surface area contributed by atoms with E-state index in [-0.39, 0.29) is 12.5 Å². The van der Waals surface area contributed by atoms with Gasteiger partial charge in [0.05, 0.1) is 5.60 Å². The van der Waals surface area contributed by atoms with Crippen molar-refractivity contribution >= 4 is 5.95 Å². The maximum absolute atomic E-state index is 12.4. The third kappa shape index (κ3) is 4.48. The molecule has 0 aliphatic heterocycles. The van der Waals surface area contributed by atoms with Crippen LogP contribution in [0.1, 0.15) is 32.4 Å². The number of anilines is 1. The van der Waals surface area contributed by atoms with Crippen molar-refractivity contribution < 1.29 is 18.3 Å². The fourth-order valence-corrected chi connectivity index (χ4v) is 1.50. The number of aromatic nitrogens is 2. The third-order valence-corrected chi connectivity index (χ3v) is 2.36. The van der Waals surface area contributed by atoms with Gasteiger partial charge in [0.25, 0.3) is 0 Å². The minimum Gasteiger partial charge on any atom is -0.388 e. The molecule has 18 heavy (non-hydrogen) atoms. The van der Waals surface area contributed by atoms with Gasteiger partial charge in [-0.1, -0.05) is 13.3 Å². The summed E-state index contributed by atoms with van der Waals surface area (Å²) >= 11 is 0. The van der Waals surface area contributed by atoms with E-state index >= 15 is 0 Å². The van der Waals surface area contributed by atoms with E-state index < -0.39 is 17.5 Å². The Bertz CT molecular complexity index is 393. The summed E-state index contributed by atoms with van der Waals surface area (Å²) in [4.78, 5) is 7.03. The molecular weight excluding hydrogens is 247 g/mol. The van der Waals surface area contributed by atoms with Gasteiger partial charge >= 0.3 is 6.18 Å². The van der Waals surface area contributed by atoms with Crippen LogP contribution in [0.15, 0.2) is 12.3 Å². The second-order valence-electron chi connectivity index (χ2n) is 4.36. The predicted octanol–water partition coefficient (Wildman–Crippen LogP) is 2.46. The molecule has 102 valence electrons. The molecule has 1 unspecified atom stereocenters. The minimum atomic E-state index is -4.49. The van der Waals surface area contributed by atoms with Crippen molar-refractivity contribution in [2.75, 3.05) is 11.9 Å². The Morgan fingerprint density at radius 1 is 1.39 bits per heavy atom. The molecular formula is C11H16F3N3O. The van der Waals surface area contributed by atoms with Crippen molar-refractivity contribution in [2.45, 2.75) is 38.5 Å². The molecule has 2 N–H and O–H groups in total. The summed E-state index contributed by atoms with van der Waals surface area (Å²) < 4.78 is 37.2. The highest BCUT2D eigenvalue weighted by Crippen LogP contribution is 2.27. The molecule has 0 saturated heterocycles. The lowest BCUT2D eigenvalue weighted by molar-refractivity contribution is -0.141. The van der Waals surface area contributed by atoms with Crippen LogP contribution in [-0.2, 0) is 6.18 Å². The summed E-state index contributed by atoms with van der Waals surface area (Å²) in [6, 6.07) is 0.801. The Kier molecular flexibility index (Phi) is 4.50. The third-order valence-electron chi connectivity index (χ3n) is 2.36. The maximum atomic E-state index is 12.4. The zero-order valence-corrected chi connectivity index (χ0v) is 10.3. The maximum Gasteiger partial charge on any atom is 0.433 e. The number of hydrogen-bond donors (Lipinski definition) is 2. The number of halogens is 3. The highest BCUT2D eigenvalue weighted by Gasteiger charge is 2.32. The Labute approximate surface area is 103 Å². The summed E-state index contributed by atoms with van der Waals surface area (Å²) in [5, 5.41) is 12.5. The molecule has 7 heteroatoms. The van der Waals surface area contributed by atoms with Gasteiger partial charge in [-0.05, 0) is 19.4 Å². The molecule has 1 aromatic heterocycles. The lowest BCUT2D eigenvalue weighted by Gasteiger charge is -2.22. The molecule has 1 rings (SSSR count). The summed E-state index contributed by atoms with van der Waals surface area (Å²) in [5.74, 6) is -0.138. The van der Waals surface area contributed by atoms with Crippen molar-refractivity contribution in [3.8, 4) is 0 Å². The molecule has 1 heterocycles. The second-order valence-corrected chi connectivity index (χ2v) is 4.36. The SMILES string of the molecule is CCCC(C)(O)CNc1nccc(C(F)(F)F)n1. The molecule has 0 bridgehead atoms. The van der Waals surface area contributed by atoms with Crippen LogP contribution >= 0.6 is 0 Å². The van der Waals surface area contributed by atoms with Crippen LogP contribution in [0, 0.1) is 0 Å². The second kappa shape index (κ2) is 5.51. The smallest absolute Gasteiger partial charge is 0.388 e. The van der Waals surface area contributed by atoms with E-state index in [2.05, 4.69) is 15.3 Å². The summed E-state index contributed by atoms with van der Waals surface area (Å²) in [7, 11) is 0. The van der Waals surface area contributed by atoms with Crippen LogP contribution in [0.4, 0.5) is 19.1 Å². The van der Waals surface area contributed by atoms with Crippen LogP contribution in [-0.4, -0.2) is 27.2 Å². The van der Waals surface area contributed by atoms with E-state index in [1.165, 1.54) is 0 Å². The van der Waals surface area contributed by atoms with Gasteiger partial charge in [-0.2, -0.15) is 13.2 Å². The molecule has 0 aromatic carbocycles. The number of nitrogens with one attached hydrogen (secondary N) is 1. The fraction of sp³-hybridized carbons (Fsp3) is 0.636. The highest BCUT2D eigenvalue weighted by atomic mass is 19.4. The number of hydrogen-bond acceptors (Lipinski definition) is 4. The van der Waals surface area contributed by atoms with Crippen LogP contribution in [0.3, 0.4) is 0 Å². The molecule has 1 aromatic rings. The molecule has 0 fully saturated rings. The minimum absolute atomic E-state index is 0.0994. The molecule has 4 nitrogen and oxygen atoms in total. The molecule has 1 atom stereocenters. The predicted molar refractivity (Wildman–Crippen MR) is 61.1 cm³/mol. The lowest BCUT2D eigenvalue weighted by atomic mass is 10.0. The lowest BCUT2D eigenvalue weighted by Crippen LogP contribution is -2.33. The van der Waals surface area contributed by atoms with Crippen molar-refractivity contribution in [1.29, 1.82) is 0 Å². The van der Waals surface area contributed by atoms with Crippen molar-refractivity contribution in [3.63, 3.8) is 0 Å². The van der Waals surface area contributed by atoms with Crippen molar-refractivity contribution in [3.05, 3.63) is 18.0 Å². The van der Waals surface area contributed by atoms with Crippen LogP contribution in [0.5, 0.6) is 0 Å². The number of aliphatic hydroxyl groups is 1. The van der Waals surface area contributed by atoms with Gasteiger partial charge in [0.1, 0.15) is 5.69 Å². The zero-order valence-electron chi connectivity index (χ0n) is 10.3. The quantitative estimate of drug-likeness (QED) is 0.856. The van der Waals surface area contributed by atoms with Gasteiger partial charge in [-0.15, -0.1) is 0 Å². The normalized spacial score (nSPS) is 15.2. The first-order valence-electron chi connectivity index (χ1n) is 5.61. The zero-order chi connectivity index (χ0) is 13.8. The average Bonchev–Trinajstić information content (AvgIpc) is 2.26. The Hall–Kier alpha value is -1.37. The van der Waals surface area contributed by atoms with Crippen molar-refractivity contribution in [2.24, 2.45) is 0 Å². The summed E-state index contributed by atoms with van der Waals surface area (Å²) in [6.07, 6.45) is -2.14. The molecule has 0 amide bonds. The summed E-state index contributed by atoms with van der Waals surface area (Å²) in [5.41, 5.74) is -2.00. The first kappa shape index (κ1) is 14.7. The fourth-order valence-electron chi connectivity index (χ4n) is 1.50. The van der Waals surface area contributed by atoms with E-state index in [1.807, 2.05) is 6.92 Å². The average molecular weight is 263 g/mol. The van der Waals surface area contributed by atoms with E-state index in [9.17, 15) is 18.3 Å². The van der Waals surface area contributed by atoms with Crippen LogP contribution in [0.25, 0.3) is 0 Å². The molecule has 0 radical (unpaired) electrons. The van der Waals surface area contributed by atoms with E-state index in [0.29, 0.717) is 6.42 Å². The topological polar surface area (TPSA) is 58.0 Å². The van der Waals surface area contributed by atoms with Gasteiger partial charge in [0, 0.05) is 12.7 Å². The molecule has 0 saturated carbocycles. The number of nitrogens with zero attached hydrogens (tertiary/aromatic N) is 2. The Balaban J connectivity index is 2.69. The first-order chi connectivity index (χ1) is 8.24. The first-order valence-corrected chi connectivity index (χ1v) is 5.61. The number of rotatable bonds is 5. The van der Waals surface area contributed by atoms with Gasteiger partial charge in [0.2, 0.25) is 5.95 Å². The molecule has 0 aliphatic carbocycles. The highest BCUT2D eigenvalue weighted by molar-refractivity contribution is 5.26. The monoisotopic (exact) mass is 263 g/mol. The molecule has 0 spiro atoms. The van der Waals surface area contributed by atoms with Crippen LogP contribution in [0.2, 0.25) is 0 Å². The van der Waals surface area contributed by atoms with Gasteiger partial charge in [-0.25, -0.2) is 9.97 Å². The summed E-state index contributed by atoms with van der Waals surface area (Å²) in [6.45, 7) is 3.62. The number of alkyl halides is 3. The Morgan fingerprint density at radius 2 is 2.06 bits per heavy atom. The van der Waals surface area contributed by atoms with E-state index in [4.69, 9.17) is 0 Å². The van der Waals surface area contributed by atoms with Gasteiger partial charge in [-0.3, -0.25) is 0 Å². The molecule has 0 aliphatic rings. The standard InChI is InChI=1S/C11H16F3N3O/c1-3-5-10(2,18)7-16-9-15-6-4-8(17-9)11(12,13)14/h4,6,18H,3,5,7H2,1-2H3,(H,15,16,17).